The molecule has 0 aliphatic carbocycles. The van der Waals surface area contributed by atoms with Gasteiger partial charge in [-0.05, 0) is 25.3 Å². The fourth-order valence-electron chi connectivity index (χ4n) is 3.26. The Morgan fingerprint density at radius 3 is 2.58 bits per heavy atom. The molecule has 2 saturated heterocycles. The molecule has 1 aromatic rings. The van der Waals surface area contributed by atoms with Crippen molar-refractivity contribution in [3.8, 4) is 0 Å². The van der Waals surface area contributed by atoms with Gasteiger partial charge in [-0.2, -0.15) is 0 Å². The Labute approximate surface area is 146 Å². The predicted octanol–water partition coefficient (Wildman–Crippen LogP) is 2.54. The summed E-state index contributed by atoms with van der Waals surface area (Å²) >= 11 is 1.44. The Hall–Kier alpha value is -1.79. The van der Waals surface area contributed by atoms with E-state index in [1.807, 2.05) is 30.3 Å². The van der Waals surface area contributed by atoms with Crippen molar-refractivity contribution in [2.45, 2.75) is 24.6 Å². The van der Waals surface area contributed by atoms with Crippen LogP contribution in [0.25, 0.3) is 0 Å². The molecule has 0 spiro atoms. The van der Waals surface area contributed by atoms with Crippen molar-refractivity contribution in [1.29, 1.82) is 0 Å². The van der Waals surface area contributed by atoms with Crippen LogP contribution in [0.3, 0.4) is 0 Å². The molecule has 1 amide bonds. The van der Waals surface area contributed by atoms with Crippen LogP contribution in [0.2, 0.25) is 0 Å². The Kier molecular flexibility index (Phi) is 4.96. The standard InChI is InChI=1S/C18H22N2O3S/c1-3-23-16(21)13-15-19(2)17(22)18(24-15,20-11-7-8-12-20)14-9-5-4-6-10-14/h4-6,9-10,13H,3,7-8,11-12H2,1-2H3/b15-13+. The van der Waals surface area contributed by atoms with Gasteiger partial charge < -0.3 is 9.64 Å². The molecule has 1 atom stereocenters. The molecule has 3 rings (SSSR count). The van der Waals surface area contributed by atoms with Crippen LogP contribution in [-0.4, -0.2) is 48.4 Å². The normalized spacial score (nSPS) is 26.3. The second kappa shape index (κ2) is 6.99. The molecular weight excluding hydrogens is 324 g/mol. The van der Waals surface area contributed by atoms with E-state index in [1.165, 1.54) is 17.8 Å². The van der Waals surface area contributed by atoms with Crippen molar-refractivity contribution in [2.24, 2.45) is 0 Å². The maximum atomic E-state index is 13.2. The van der Waals surface area contributed by atoms with E-state index >= 15 is 0 Å². The summed E-state index contributed by atoms with van der Waals surface area (Å²) in [6.45, 7) is 3.86. The zero-order valence-corrected chi connectivity index (χ0v) is 14.8. The molecule has 1 aromatic carbocycles. The highest BCUT2D eigenvalue weighted by molar-refractivity contribution is 8.05. The molecule has 2 aliphatic rings. The molecule has 24 heavy (non-hydrogen) atoms. The van der Waals surface area contributed by atoms with Gasteiger partial charge in [-0.25, -0.2) is 4.79 Å². The van der Waals surface area contributed by atoms with Gasteiger partial charge in [0.25, 0.3) is 5.91 Å². The molecule has 128 valence electrons. The summed E-state index contributed by atoms with van der Waals surface area (Å²) in [5.74, 6) is -0.416. The van der Waals surface area contributed by atoms with Gasteiger partial charge in [0.15, 0.2) is 4.87 Å². The number of benzene rings is 1. The van der Waals surface area contributed by atoms with E-state index in [-0.39, 0.29) is 5.91 Å². The molecule has 0 saturated carbocycles. The fraction of sp³-hybridized carbons (Fsp3) is 0.444. The maximum absolute atomic E-state index is 13.2. The minimum Gasteiger partial charge on any atom is -0.463 e. The molecule has 0 aromatic heterocycles. The maximum Gasteiger partial charge on any atom is 0.333 e. The van der Waals surface area contributed by atoms with Gasteiger partial charge in [0.1, 0.15) is 0 Å². The highest BCUT2D eigenvalue weighted by Gasteiger charge is 2.55. The van der Waals surface area contributed by atoms with E-state index in [0.29, 0.717) is 11.6 Å². The van der Waals surface area contributed by atoms with Crippen molar-refractivity contribution in [2.75, 3.05) is 26.7 Å². The van der Waals surface area contributed by atoms with Crippen molar-refractivity contribution in [3.05, 3.63) is 47.0 Å². The number of ether oxygens (including phenoxy) is 1. The molecule has 2 aliphatic heterocycles. The lowest BCUT2D eigenvalue weighted by Gasteiger charge is -2.35. The second-order valence-corrected chi connectivity index (χ2v) is 7.12. The second-order valence-electron chi connectivity index (χ2n) is 5.91. The average Bonchev–Trinajstić information content (AvgIpc) is 3.20. The molecule has 2 fully saturated rings. The zero-order chi connectivity index (χ0) is 17.2. The average molecular weight is 346 g/mol. The molecule has 0 radical (unpaired) electrons. The topological polar surface area (TPSA) is 49.9 Å². The van der Waals surface area contributed by atoms with Crippen LogP contribution in [0.1, 0.15) is 25.3 Å². The number of thioether (sulfide) groups is 1. The van der Waals surface area contributed by atoms with Gasteiger partial charge in [-0.1, -0.05) is 42.1 Å². The Balaban J connectivity index is 2.03. The van der Waals surface area contributed by atoms with Gasteiger partial charge in [0.2, 0.25) is 0 Å². The molecule has 2 heterocycles. The molecule has 6 heteroatoms. The number of rotatable bonds is 4. The van der Waals surface area contributed by atoms with Crippen molar-refractivity contribution >= 4 is 23.6 Å². The van der Waals surface area contributed by atoms with Gasteiger partial charge >= 0.3 is 5.97 Å². The molecule has 0 bridgehead atoms. The van der Waals surface area contributed by atoms with Crippen LogP contribution in [0, 0.1) is 0 Å². The zero-order valence-electron chi connectivity index (χ0n) is 14.0. The minimum atomic E-state index is -0.787. The number of nitrogens with zero attached hydrogens (tertiary/aromatic N) is 2. The quantitative estimate of drug-likeness (QED) is 0.619. The Morgan fingerprint density at radius 2 is 1.96 bits per heavy atom. The summed E-state index contributed by atoms with van der Waals surface area (Å²) in [4.78, 5) is 28.1. The first-order valence-electron chi connectivity index (χ1n) is 8.25. The van der Waals surface area contributed by atoms with E-state index in [0.717, 1.165) is 31.5 Å². The third kappa shape index (κ3) is 2.84. The third-order valence-corrected chi connectivity index (χ3v) is 5.99. The van der Waals surface area contributed by atoms with Crippen molar-refractivity contribution in [3.63, 3.8) is 0 Å². The summed E-state index contributed by atoms with van der Waals surface area (Å²) < 4.78 is 5.01. The number of hydrogen-bond donors (Lipinski definition) is 0. The number of likely N-dealkylation sites (tertiary alicyclic amines) is 1. The number of carbonyl (C=O) groups is 2. The highest BCUT2D eigenvalue weighted by Crippen LogP contribution is 2.52. The predicted molar refractivity (Wildman–Crippen MR) is 94.0 cm³/mol. The van der Waals surface area contributed by atoms with Crippen LogP contribution < -0.4 is 0 Å². The van der Waals surface area contributed by atoms with E-state index in [9.17, 15) is 9.59 Å². The van der Waals surface area contributed by atoms with E-state index < -0.39 is 10.8 Å². The minimum absolute atomic E-state index is 0.00357. The van der Waals surface area contributed by atoms with Crippen LogP contribution in [0.4, 0.5) is 0 Å². The molecule has 1 unspecified atom stereocenters. The lowest BCUT2D eigenvalue weighted by Crippen LogP contribution is -2.48. The van der Waals surface area contributed by atoms with E-state index in [2.05, 4.69) is 4.90 Å². The number of likely N-dealkylation sites (N-methyl/N-ethyl adjacent to an activating group) is 1. The van der Waals surface area contributed by atoms with E-state index in [1.54, 1.807) is 18.9 Å². The first-order valence-corrected chi connectivity index (χ1v) is 9.07. The fourth-order valence-corrected chi connectivity index (χ4v) is 4.73. The highest BCUT2D eigenvalue weighted by atomic mass is 32.2. The lowest BCUT2D eigenvalue weighted by molar-refractivity contribution is -0.137. The van der Waals surface area contributed by atoms with Gasteiger partial charge in [-0.3, -0.25) is 9.69 Å². The van der Waals surface area contributed by atoms with Crippen LogP contribution >= 0.6 is 11.8 Å². The first-order chi connectivity index (χ1) is 11.6. The first kappa shape index (κ1) is 17.0. The smallest absolute Gasteiger partial charge is 0.333 e. The summed E-state index contributed by atoms with van der Waals surface area (Å²) in [6, 6.07) is 9.83. The third-order valence-electron chi connectivity index (χ3n) is 4.42. The summed E-state index contributed by atoms with van der Waals surface area (Å²) in [5.41, 5.74) is 0.959. The number of amides is 1. The van der Waals surface area contributed by atoms with Crippen LogP contribution in [0.15, 0.2) is 41.4 Å². The summed E-state index contributed by atoms with van der Waals surface area (Å²) in [5, 5.41) is 0.634. The van der Waals surface area contributed by atoms with Gasteiger partial charge in [0, 0.05) is 20.1 Å². The lowest BCUT2D eigenvalue weighted by atomic mass is 10.0. The SMILES string of the molecule is CCOC(=O)/C=C1/SC(c2ccccc2)(N2CCCC2)C(=O)N1C. The number of esters is 1. The van der Waals surface area contributed by atoms with Crippen LogP contribution in [-0.2, 0) is 19.2 Å². The Bertz CT molecular complexity index is 655. The molecular formula is C18H22N2O3S. The largest absolute Gasteiger partial charge is 0.463 e. The van der Waals surface area contributed by atoms with Gasteiger partial charge in [-0.15, -0.1) is 0 Å². The summed E-state index contributed by atoms with van der Waals surface area (Å²) in [7, 11) is 1.72. The number of carbonyl (C=O) groups excluding carboxylic acids is 2. The Morgan fingerprint density at radius 1 is 1.29 bits per heavy atom. The van der Waals surface area contributed by atoms with Crippen molar-refractivity contribution in [1.82, 2.24) is 9.80 Å². The van der Waals surface area contributed by atoms with Crippen LogP contribution in [0.5, 0.6) is 0 Å². The number of hydrogen-bond acceptors (Lipinski definition) is 5. The van der Waals surface area contributed by atoms with E-state index in [4.69, 9.17) is 4.74 Å². The monoisotopic (exact) mass is 346 g/mol. The summed E-state index contributed by atoms with van der Waals surface area (Å²) in [6.07, 6.45) is 3.60. The van der Waals surface area contributed by atoms with Gasteiger partial charge in [0.05, 0.1) is 17.7 Å². The van der Waals surface area contributed by atoms with Crippen molar-refractivity contribution < 1.29 is 14.3 Å². The molecule has 0 N–H and O–H groups in total. The molecule has 5 nitrogen and oxygen atoms in total.